The van der Waals surface area contributed by atoms with Gasteiger partial charge in [0.15, 0.2) is 0 Å². The SMILES string of the molecule is O=C(NCCNC(=O)c1ccc2cccnc2c1)c1ccc(OC2CCC(C(=O)O)CC2)cc1. The van der Waals surface area contributed by atoms with Crippen molar-refractivity contribution in [2.24, 2.45) is 5.92 Å². The molecule has 1 saturated carbocycles. The maximum atomic E-state index is 12.4. The number of carboxylic acid groups (broad SMARTS) is 1. The highest BCUT2D eigenvalue weighted by Gasteiger charge is 2.26. The minimum atomic E-state index is -0.737. The van der Waals surface area contributed by atoms with Gasteiger partial charge >= 0.3 is 5.97 Å². The average molecular weight is 462 g/mol. The summed E-state index contributed by atoms with van der Waals surface area (Å²) in [6.07, 6.45) is 4.34. The van der Waals surface area contributed by atoms with Crippen LogP contribution >= 0.6 is 0 Å². The van der Waals surface area contributed by atoms with Gasteiger partial charge in [-0.25, -0.2) is 0 Å². The van der Waals surface area contributed by atoms with Crippen LogP contribution in [0.25, 0.3) is 10.9 Å². The molecule has 1 aliphatic rings. The first kappa shape index (κ1) is 23.2. The third-order valence-corrected chi connectivity index (χ3v) is 6.01. The maximum absolute atomic E-state index is 12.4. The second-order valence-electron chi connectivity index (χ2n) is 8.38. The Balaban J connectivity index is 1.19. The van der Waals surface area contributed by atoms with Crippen LogP contribution < -0.4 is 15.4 Å². The first-order chi connectivity index (χ1) is 16.5. The van der Waals surface area contributed by atoms with Gasteiger partial charge in [-0.15, -0.1) is 0 Å². The van der Waals surface area contributed by atoms with E-state index in [0.29, 0.717) is 55.6 Å². The number of aromatic nitrogens is 1. The van der Waals surface area contributed by atoms with Gasteiger partial charge in [0, 0.05) is 35.8 Å². The molecule has 0 aliphatic heterocycles. The number of amides is 2. The Kier molecular flexibility index (Phi) is 7.37. The molecular formula is C26H27N3O5. The molecule has 1 aromatic heterocycles. The highest BCUT2D eigenvalue weighted by Crippen LogP contribution is 2.28. The highest BCUT2D eigenvalue weighted by molar-refractivity contribution is 5.98. The fraction of sp³-hybridized carbons (Fsp3) is 0.308. The first-order valence-electron chi connectivity index (χ1n) is 11.4. The van der Waals surface area contributed by atoms with E-state index in [2.05, 4.69) is 15.6 Å². The van der Waals surface area contributed by atoms with Crippen molar-refractivity contribution in [2.75, 3.05) is 13.1 Å². The van der Waals surface area contributed by atoms with Crippen LogP contribution in [0, 0.1) is 5.92 Å². The Morgan fingerprint density at radius 2 is 1.53 bits per heavy atom. The Labute approximate surface area is 197 Å². The summed E-state index contributed by atoms with van der Waals surface area (Å²) < 4.78 is 5.94. The molecule has 1 fully saturated rings. The quantitative estimate of drug-likeness (QED) is 0.443. The van der Waals surface area contributed by atoms with Gasteiger partial charge in [-0.05, 0) is 68.1 Å². The predicted molar refractivity (Wildman–Crippen MR) is 127 cm³/mol. The molecule has 2 aromatic carbocycles. The average Bonchev–Trinajstić information content (AvgIpc) is 2.87. The van der Waals surface area contributed by atoms with Gasteiger partial charge in [-0.2, -0.15) is 0 Å². The molecule has 2 amide bonds. The molecule has 0 saturated heterocycles. The van der Waals surface area contributed by atoms with Crippen molar-refractivity contribution in [1.82, 2.24) is 15.6 Å². The summed E-state index contributed by atoms with van der Waals surface area (Å²) in [6.45, 7) is 0.590. The van der Waals surface area contributed by atoms with Crippen molar-refractivity contribution in [3.8, 4) is 5.75 Å². The van der Waals surface area contributed by atoms with Gasteiger partial charge in [0.05, 0.1) is 17.5 Å². The van der Waals surface area contributed by atoms with E-state index in [0.717, 1.165) is 10.9 Å². The maximum Gasteiger partial charge on any atom is 0.306 e. The van der Waals surface area contributed by atoms with Crippen molar-refractivity contribution >= 4 is 28.7 Å². The monoisotopic (exact) mass is 461 g/mol. The van der Waals surface area contributed by atoms with E-state index in [1.54, 1.807) is 42.6 Å². The van der Waals surface area contributed by atoms with E-state index in [1.807, 2.05) is 18.2 Å². The molecule has 1 heterocycles. The van der Waals surface area contributed by atoms with E-state index in [-0.39, 0.29) is 23.8 Å². The molecule has 8 heteroatoms. The lowest BCUT2D eigenvalue weighted by Crippen LogP contribution is -2.34. The standard InChI is InChI=1S/C26H27N3O5/c30-24(18-5-9-21(10-6-18)34-22-11-7-19(8-12-22)26(32)33)28-14-15-29-25(31)20-4-3-17-2-1-13-27-23(17)16-20/h1-6,9-10,13,16,19,22H,7-8,11-12,14-15H2,(H,28,30)(H,29,31)(H,32,33). The Hall–Kier alpha value is -3.94. The molecule has 0 unspecified atom stereocenters. The van der Waals surface area contributed by atoms with E-state index in [9.17, 15) is 14.4 Å². The van der Waals surface area contributed by atoms with Crippen molar-refractivity contribution in [3.05, 3.63) is 71.9 Å². The zero-order chi connectivity index (χ0) is 23.9. The number of hydrogen-bond acceptors (Lipinski definition) is 5. The van der Waals surface area contributed by atoms with Crippen LogP contribution in [0.2, 0.25) is 0 Å². The predicted octanol–water partition coefficient (Wildman–Crippen LogP) is 3.42. The third-order valence-electron chi connectivity index (χ3n) is 6.01. The van der Waals surface area contributed by atoms with E-state index < -0.39 is 5.97 Å². The number of ether oxygens (including phenoxy) is 1. The summed E-state index contributed by atoms with van der Waals surface area (Å²) in [4.78, 5) is 40.1. The lowest BCUT2D eigenvalue weighted by atomic mass is 9.87. The fourth-order valence-electron chi connectivity index (χ4n) is 4.07. The van der Waals surface area contributed by atoms with E-state index >= 15 is 0 Å². The fourth-order valence-corrected chi connectivity index (χ4v) is 4.07. The second-order valence-corrected chi connectivity index (χ2v) is 8.38. The summed E-state index contributed by atoms with van der Waals surface area (Å²) in [5, 5.41) is 15.6. The first-order valence-corrected chi connectivity index (χ1v) is 11.4. The Bertz CT molecular complexity index is 1170. The normalized spacial score (nSPS) is 17.6. The largest absolute Gasteiger partial charge is 0.490 e. The molecular weight excluding hydrogens is 434 g/mol. The summed E-state index contributed by atoms with van der Waals surface area (Å²) >= 11 is 0. The minimum Gasteiger partial charge on any atom is -0.490 e. The number of fused-ring (bicyclic) bond motifs is 1. The lowest BCUT2D eigenvalue weighted by Gasteiger charge is -2.26. The number of aliphatic carboxylic acids is 1. The summed E-state index contributed by atoms with van der Waals surface area (Å²) in [5.41, 5.74) is 1.77. The van der Waals surface area contributed by atoms with Gasteiger partial charge in [-0.3, -0.25) is 19.4 Å². The van der Waals surface area contributed by atoms with Crippen LogP contribution in [0.3, 0.4) is 0 Å². The van der Waals surface area contributed by atoms with Crippen molar-refractivity contribution < 1.29 is 24.2 Å². The van der Waals surface area contributed by atoms with Gasteiger partial charge < -0.3 is 20.5 Å². The van der Waals surface area contributed by atoms with Gasteiger partial charge in [-0.1, -0.05) is 12.1 Å². The molecule has 176 valence electrons. The molecule has 0 radical (unpaired) electrons. The van der Waals surface area contributed by atoms with E-state index in [1.165, 1.54) is 0 Å². The molecule has 0 spiro atoms. The topological polar surface area (TPSA) is 118 Å². The van der Waals surface area contributed by atoms with Gasteiger partial charge in [0.2, 0.25) is 0 Å². The molecule has 1 aliphatic carbocycles. The molecule has 34 heavy (non-hydrogen) atoms. The molecule has 0 atom stereocenters. The summed E-state index contributed by atoms with van der Waals surface area (Å²) in [7, 11) is 0. The molecule has 0 bridgehead atoms. The zero-order valence-electron chi connectivity index (χ0n) is 18.7. The number of carbonyl (C=O) groups excluding carboxylic acids is 2. The van der Waals surface area contributed by atoms with Crippen LogP contribution in [-0.4, -0.2) is 47.1 Å². The van der Waals surface area contributed by atoms with Gasteiger partial charge in [0.25, 0.3) is 11.8 Å². The van der Waals surface area contributed by atoms with Crippen LogP contribution in [0.15, 0.2) is 60.8 Å². The summed E-state index contributed by atoms with van der Waals surface area (Å²) in [5.74, 6) is -0.814. The number of nitrogens with one attached hydrogen (secondary N) is 2. The third kappa shape index (κ3) is 5.89. The summed E-state index contributed by atoms with van der Waals surface area (Å²) in [6, 6.07) is 16.0. The number of pyridine rings is 1. The van der Waals surface area contributed by atoms with E-state index in [4.69, 9.17) is 9.84 Å². The van der Waals surface area contributed by atoms with Crippen LogP contribution in [0.5, 0.6) is 5.75 Å². The van der Waals surface area contributed by atoms with Crippen LogP contribution in [-0.2, 0) is 4.79 Å². The molecule has 4 rings (SSSR count). The number of rotatable bonds is 8. The Morgan fingerprint density at radius 1 is 0.882 bits per heavy atom. The number of carboxylic acids is 1. The zero-order valence-corrected chi connectivity index (χ0v) is 18.7. The number of benzene rings is 2. The Morgan fingerprint density at radius 3 is 2.21 bits per heavy atom. The number of carbonyl (C=O) groups is 3. The van der Waals surface area contributed by atoms with Crippen LogP contribution in [0.1, 0.15) is 46.4 Å². The molecule has 8 nitrogen and oxygen atoms in total. The minimum absolute atomic E-state index is 0.00253. The lowest BCUT2D eigenvalue weighted by molar-refractivity contribution is -0.143. The van der Waals surface area contributed by atoms with Crippen molar-refractivity contribution in [1.29, 1.82) is 0 Å². The highest BCUT2D eigenvalue weighted by atomic mass is 16.5. The second kappa shape index (κ2) is 10.8. The molecule has 3 aromatic rings. The number of nitrogens with zero attached hydrogens (tertiary/aromatic N) is 1. The van der Waals surface area contributed by atoms with Crippen molar-refractivity contribution in [2.45, 2.75) is 31.8 Å². The molecule has 3 N–H and O–H groups in total. The van der Waals surface area contributed by atoms with Gasteiger partial charge in [0.1, 0.15) is 5.75 Å². The number of hydrogen-bond donors (Lipinski definition) is 3. The van der Waals surface area contributed by atoms with Crippen LogP contribution in [0.4, 0.5) is 0 Å². The van der Waals surface area contributed by atoms with Crippen molar-refractivity contribution in [3.63, 3.8) is 0 Å². The smallest absolute Gasteiger partial charge is 0.306 e.